The third-order valence-corrected chi connectivity index (χ3v) is 4.19. The second kappa shape index (κ2) is 6.93. The number of aliphatic hydroxyl groups excluding tert-OH is 1. The molecule has 0 aromatic heterocycles. The van der Waals surface area contributed by atoms with Crippen molar-refractivity contribution >= 4 is 16.0 Å². The molecule has 6 nitrogen and oxygen atoms in total. The van der Waals surface area contributed by atoms with Crippen LogP contribution >= 0.6 is 0 Å². The van der Waals surface area contributed by atoms with E-state index in [0.717, 1.165) is 0 Å². The molecule has 7 heteroatoms. The van der Waals surface area contributed by atoms with Crippen molar-refractivity contribution in [2.24, 2.45) is 0 Å². The first-order valence-electron chi connectivity index (χ1n) is 5.48. The summed E-state index contributed by atoms with van der Waals surface area (Å²) in [5, 5.41) is 8.88. The number of ether oxygens (including phenoxy) is 1. The van der Waals surface area contributed by atoms with Crippen molar-refractivity contribution in [2.75, 3.05) is 19.5 Å². The maximum atomic E-state index is 11.7. The van der Waals surface area contributed by atoms with Crippen LogP contribution in [0.25, 0.3) is 0 Å². The quantitative estimate of drug-likeness (QED) is 0.605. The van der Waals surface area contributed by atoms with Gasteiger partial charge in [0.05, 0.1) is 19.3 Å². The maximum absolute atomic E-state index is 11.7. The Morgan fingerprint density at radius 3 is 2.47 bits per heavy atom. The molecule has 17 heavy (non-hydrogen) atoms. The van der Waals surface area contributed by atoms with Crippen LogP contribution in [0, 0.1) is 0 Å². The largest absolute Gasteiger partial charge is 0.469 e. The minimum Gasteiger partial charge on any atom is -0.469 e. The number of aliphatic hydroxyl groups is 1. The molecular weight excluding hydrogens is 246 g/mol. The van der Waals surface area contributed by atoms with E-state index in [1.165, 1.54) is 7.11 Å². The van der Waals surface area contributed by atoms with Crippen LogP contribution in [-0.2, 0) is 19.6 Å². The molecule has 0 aliphatic rings. The monoisotopic (exact) mass is 267 g/mol. The van der Waals surface area contributed by atoms with Gasteiger partial charge in [-0.05, 0) is 19.8 Å². The fourth-order valence-corrected chi connectivity index (χ4v) is 2.83. The Morgan fingerprint density at radius 2 is 2.06 bits per heavy atom. The highest BCUT2D eigenvalue weighted by molar-refractivity contribution is 7.89. The van der Waals surface area contributed by atoms with E-state index in [4.69, 9.17) is 5.11 Å². The van der Waals surface area contributed by atoms with Crippen LogP contribution in [-0.4, -0.2) is 44.5 Å². The number of esters is 1. The molecule has 0 fully saturated rings. The van der Waals surface area contributed by atoms with Gasteiger partial charge in [-0.3, -0.25) is 4.79 Å². The van der Waals surface area contributed by atoms with Crippen molar-refractivity contribution < 1.29 is 23.1 Å². The summed E-state index contributed by atoms with van der Waals surface area (Å²) < 4.78 is 30.3. The average Bonchev–Trinajstić information content (AvgIpc) is 2.25. The molecule has 1 atom stereocenters. The van der Waals surface area contributed by atoms with E-state index < -0.39 is 21.5 Å². The molecule has 0 radical (unpaired) electrons. The first-order valence-corrected chi connectivity index (χ1v) is 7.13. The molecule has 0 bridgehead atoms. The molecule has 0 amide bonds. The van der Waals surface area contributed by atoms with Gasteiger partial charge in [0.25, 0.3) is 0 Å². The number of hydrogen-bond acceptors (Lipinski definition) is 5. The van der Waals surface area contributed by atoms with Gasteiger partial charge in [-0.25, -0.2) is 13.1 Å². The Labute approximate surface area is 102 Å². The van der Waals surface area contributed by atoms with Crippen LogP contribution in [0.15, 0.2) is 0 Å². The summed E-state index contributed by atoms with van der Waals surface area (Å²) >= 11 is 0. The molecule has 0 saturated heterocycles. The van der Waals surface area contributed by atoms with Crippen LogP contribution in [0.5, 0.6) is 0 Å². The summed E-state index contributed by atoms with van der Waals surface area (Å²) in [6, 6.07) is 0. The summed E-state index contributed by atoms with van der Waals surface area (Å²) in [6.07, 6.45) is 0.719. The number of hydrogen-bond donors (Lipinski definition) is 2. The molecule has 0 heterocycles. The van der Waals surface area contributed by atoms with Crippen molar-refractivity contribution in [3.63, 3.8) is 0 Å². The lowest BCUT2D eigenvalue weighted by atomic mass is 9.97. The molecule has 0 rings (SSSR count). The van der Waals surface area contributed by atoms with Gasteiger partial charge >= 0.3 is 5.97 Å². The Morgan fingerprint density at radius 1 is 1.47 bits per heavy atom. The van der Waals surface area contributed by atoms with Crippen molar-refractivity contribution in [3.05, 3.63) is 0 Å². The van der Waals surface area contributed by atoms with Gasteiger partial charge in [-0.2, -0.15) is 0 Å². The van der Waals surface area contributed by atoms with E-state index >= 15 is 0 Å². The highest BCUT2D eigenvalue weighted by Gasteiger charge is 2.27. The summed E-state index contributed by atoms with van der Waals surface area (Å²) in [5.41, 5.74) is -0.677. The lowest BCUT2D eigenvalue weighted by Crippen LogP contribution is -2.47. The normalized spacial score (nSPS) is 15.3. The van der Waals surface area contributed by atoms with Crippen LogP contribution in [0.1, 0.15) is 33.1 Å². The highest BCUT2D eigenvalue weighted by Crippen LogP contribution is 2.15. The zero-order valence-electron chi connectivity index (χ0n) is 10.5. The third-order valence-electron chi connectivity index (χ3n) is 2.65. The molecule has 0 aromatic carbocycles. The Bertz CT molecular complexity index is 341. The Balaban J connectivity index is 4.47. The molecule has 0 aliphatic carbocycles. The van der Waals surface area contributed by atoms with Gasteiger partial charge in [-0.1, -0.05) is 6.92 Å². The van der Waals surface area contributed by atoms with Gasteiger partial charge < -0.3 is 9.84 Å². The van der Waals surface area contributed by atoms with Crippen LogP contribution in [0.3, 0.4) is 0 Å². The standard InChI is InChI=1S/C10H21NO5S/c1-4-10(2,6-7-12)11-17(14,15)8-5-9(13)16-3/h11-12H,4-8H2,1-3H3. The minimum absolute atomic E-state index is 0.0934. The molecule has 102 valence electrons. The van der Waals surface area contributed by atoms with E-state index in [0.29, 0.717) is 12.8 Å². The Kier molecular flexibility index (Phi) is 6.66. The molecule has 0 aliphatic heterocycles. The molecule has 0 aromatic rings. The second-order valence-corrected chi connectivity index (χ2v) is 5.98. The molecule has 0 saturated carbocycles. The van der Waals surface area contributed by atoms with Crippen molar-refractivity contribution in [1.29, 1.82) is 0 Å². The predicted octanol–water partition coefficient (Wildman–Crippen LogP) is 0.0200. The fraction of sp³-hybridized carbons (Fsp3) is 0.900. The first kappa shape index (κ1) is 16.3. The minimum atomic E-state index is -3.54. The number of sulfonamides is 1. The lowest BCUT2D eigenvalue weighted by Gasteiger charge is -2.28. The predicted molar refractivity (Wildman–Crippen MR) is 64.0 cm³/mol. The number of carbonyl (C=O) groups excluding carboxylic acids is 1. The van der Waals surface area contributed by atoms with E-state index in [1.807, 2.05) is 6.92 Å². The third kappa shape index (κ3) is 6.60. The number of nitrogens with one attached hydrogen (secondary N) is 1. The van der Waals surface area contributed by atoms with Gasteiger partial charge in [0.15, 0.2) is 0 Å². The van der Waals surface area contributed by atoms with Crippen molar-refractivity contribution in [3.8, 4) is 0 Å². The van der Waals surface area contributed by atoms with Crippen LogP contribution in [0.4, 0.5) is 0 Å². The number of carbonyl (C=O) groups is 1. The zero-order valence-corrected chi connectivity index (χ0v) is 11.3. The molecular formula is C10H21NO5S. The zero-order chi connectivity index (χ0) is 13.5. The van der Waals surface area contributed by atoms with Crippen LogP contribution in [0.2, 0.25) is 0 Å². The highest BCUT2D eigenvalue weighted by atomic mass is 32.2. The van der Waals surface area contributed by atoms with Crippen molar-refractivity contribution in [2.45, 2.75) is 38.6 Å². The van der Waals surface area contributed by atoms with E-state index in [-0.39, 0.29) is 18.8 Å². The SMILES string of the molecule is CCC(C)(CCO)NS(=O)(=O)CCC(=O)OC. The van der Waals surface area contributed by atoms with Gasteiger partial charge in [0, 0.05) is 12.1 Å². The topological polar surface area (TPSA) is 92.7 Å². The molecule has 2 N–H and O–H groups in total. The fourth-order valence-electron chi connectivity index (χ4n) is 1.29. The van der Waals surface area contributed by atoms with Gasteiger partial charge in [0.1, 0.15) is 0 Å². The average molecular weight is 267 g/mol. The first-order chi connectivity index (χ1) is 7.78. The summed E-state index contributed by atoms with van der Waals surface area (Å²) in [4.78, 5) is 10.9. The summed E-state index contributed by atoms with van der Waals surface area (Å²) in [5.74, 6) is -0.864. The van der Waals surface area contributed by atoms with E-state index in [9.17, 15) is 13.2 Å². The molecule has 0 spiro atoms. The Hall–Kier alpha value is -0.660. The lowest BCUT2D eigenvalue weighted by molar-refractivity contribution is -0.140. The number of methoxy groups -OCH3 is 1. The van der Waals surface area contributed by atoms with Crippen molar-refractivity contribution in [1.82, 2.24) is 4.72 Å². The van der Waals surface area contributed by atoms with E-state index in [1.54, 1.807) is 6.92 Å². The molecule has 1 unspecified atom stereocenters. The summed E-state index contributed by atoms with van der Waals surface area (Å²) in [7, 11) is -2.33. The van der Waals surface area contributed by atoms with E-state index in [2.05, 4.69) is 9.46 Å². The van der Waals surface area contributed by atoms with Gasteiger partial charge in [-0.15, -0.1) is 0 Å². The smallest absolute Gasteiger partial charge is 0.306 e. The second-order valence-electron chi connectivity index (χ2n) is 4.13. The van der Waals surface area contributed by atoms with Gasteiger partial charge in [0.2, 0.25) is 10.0 Å². The maximum Gasteiger partial charge on any atom is 0.306 e. The summed E-state index contributed by atoms with van der Waals surface area (Å²) in [6.45, 7) is 3.46. The van der Waals surface area contributed by atoms with Crippen LogP contribution < -0.4 is 4.72 Å². The number of rotatable bonds is 8.